The van der Waals surface area contributed by atoms with Crippen LogP contribution in [0.4, 0.5) is 5.88 Å². The second-order valence-corrected chi connectivity index (χ2v) is 8.38. The molecule has 2 aromatic rings. The number of piperazine rings is 1. The number of nitrogens with zero attached hydrogens (tertiary/aromatic N) is 4. The van der Waals surface area contributed by atoms with E-state index in [4.69, 9.17) is 9.26 Å². The van der Waals surface area contributed by atoms with Crippen molar-refractivity contribution in [3.63, 3.8) is 0 Å². The van der Waals surface area contributed by atoms with Crippen molar-refractivity contribution in [2.45, 2.75) is 26.8 Å². The highest BCUT2D eigenvalue weighted by molar-refractivity contribution is 5.77. The van der Waals surface area contributed by atoms with Crippen LogP contribution in [0.2, 0.25) is 0 Å². The van der Waals surface area contributed by atoms with Crippen LogP contribution < -0.4 is 4.90 Å². The van der Waals surface area contributed by atoms with Gasteiger partial charge in [0.1, 0.15) is 5.69 Å². The van der Waals surface area contributed by atoms with E-state index in [1.807, 2.05) is 35.2 Å². The maximum absolute atomic E-state index is 13.0. The number of hydrogen-bond acceptors (Lipinski definition) is 6. The second kappa shape index (κ2) is 10.6. The third-order valence-corrected chi connectivity index (χ3v) is 5.45. The van der Waals surface area contributed by atoms with Crippen molar-refractivity contribution in [1.82, 2.24) is 15.0 Å². The lowest BCUT2D eigenvalue weighted by Gasteiger charge is -2.33. The van der Waals surface area contributed by atoms with Crippen molar-refractivity contribution >= 4 is 11.8 Å². The molecule has 164 valence electrons. The van der Waals surface area contributed by atoms with Crippen molar-refractivity contribution in [1.29, 1.82) is 0 Å². The topological polar surface area (TPSA) is 62.1 Å². The molecule has 2 heterocycles. The Bertz CT molecular complexity index is 798. The Morgan fingerprint density at radius 2 is 1.90 bits per heavy atom. The van der Waals surface area contributed by atoms with Crippen molar-refractivity contribution in [3.8, 4) is 11.3 Å². The molecule has 1 amide bonds. The molecule has 0 spiro atoms. The Labute approximate surface area is 179 Å². The highest BCUT2D eigenvalue weighted by Gasteiger charge is 2.27. The number of methoxy groups -OCH3 is 1. The van der Waals surface area contributed by atoms with E-state index in [1.165, 1.54) is 0 Å². The first-order valence-corrected chi connectivity index (χ1v) is 10.7. The van der Waals surface area contributed by atoms with E-state index < -0.39 is 0 Å². The van der Waals surface area contributed by atoms with Crippen LogP contribution >= 0.6 is 0 Å². The molecule has 1 aliphatic rings. The molecule has 0 unspecified atom stereocenters. The number of rotatable bonds is 9. The van der Waals surface area contributed by atoms with E-state index >= 15 is 0 Å². The molecule has 30 heavy (non-hydrogen) atoms. The normalized spacial score (nSPS) is 15.0. The average molecular weight is 415 g/mol. The molecular formula is C23H34N4O3. The third-order valence-electron chi connectivity index (χ3n) is 5.45. The van der Waals surface area contributed by atoms with E-state index in [9.17, 15) is 4.79 Å². The van der Waals surface area contributed by atoms with Gasteiger partial charge in [-0.2, -0.15) is 0 Å². The summed E-state index contributed by atoms with van der Waals surface area (Å²) in [5.41, 5.74) is 2.78. The molecule has 0 atom stereocenters. The van der Waals surface area contributed by atoms with Gasteiger partial charge in [-0.3, -0.25) is 4.79 Å². The van der Waals surface area contributed by atoms with E-state index in [2.05, 4.69) is 35.9 Å². The predicted molar refractivity (Wildman–Crippen MR) is 118 cm³/mol. The summed E-state index contributed by atoms with van der Waals surface area (Å²) in [5, 5.41) is 4.43. The molecule has 1 aromatic heterocycles. The maximum Gasteiger partial charge on any atom is 0.232 e. The summed E-state index contributed by atoms with van der Waals surface area (Å²) < 4.78 is 11.2. The molecule has 3 rings (SSSR count). The van der Waals surface area contributed by atoms with Crippen molar-refractivity contribution in [3.05, 3.63) is 35.9 Å². The number of ether oxygens (including phenoxy) is 1. The first kappa shape index (κ1) is 22.3. The van der Waals surface area contributed by atoms with Crippen LogP contribution in [-0.2, 0) is 16.1 Å². The first-order valence-electron chi connectivity index (χ1n) is 10.7. The molecule has 7 nitrogen and oxygen atoms in total. The number of carbonyl (C=O) groups excluding carboxylic acids is 1. The summed E-state index contributed by atoms with van der Waals surface area (Å²) >= 11 is 0. The lowest BCUT2D eigenvalue weighted by molar-refractivity contribution is -0.133. The van der Waals surface area contributed by atoms with Gasteiger partial charge in [0, 0.05) is 51.8 Å². The number of likely N-dealkylation sites (N-methyl/N-ethyl adjacent to an activating group) is 1. The standard InChI is InChI=1S/C23H34N4O3/c1-18(2)16-21(28)27(14-15-29-4)17-20-22(19-8-6-5-7-9-19)24-30-23(20)26-12-10-25(3)11-13-26/h5-9,18H,10-17H2,1-4H3. The summed E-state index contributed by atoms with van der Waals surface area (Å²) in [6, 6.07) is 10.0. The number of benzene rings is 1. The summed E-state index contributed by atoms with van der Waals surface area (Å²) in [7, 11) is 3.79. The number of aromatic nitrogens is 1. The van der Waals surface area contributed by atoms with Crippen LogP contribution in [0, 0.1) is 5.92 Å². The smallest absolute Gasteiger partial charge is 0.232 e. The van der Waals surface area contributed by atoms with Gasteiger partial charge < -0.3 is 24.0 Å². The minimum Gasteiger partial charge on any atom is -0.383 e. The van der Waals surface area contributed by atoms with Crippen molar-refractivity contribution in [2.75, 3.05) is 58.4 Å². The number of anilines is 1. The maximum atomic E-state index is 13.0. The Balaban J connectivity index is 1.94. The Morgan fingerprint density at radius 3 is 2.53 bits per heavy atom. The molecule has 7 heteroatoms. The van der Waals surface area contributed by atoms with Gasteiger partial charge in [0.25, 0.3) is 0 Å². The first-order chi connectivity index (χ1) is 14.5. The van der Waals surface area contributed by atoms with Gasteiger partial charge >= 0.3 is 0 Å². The molecule has 0 aliphatic carbocycles. The van der Waals surface area contributed by atoms with Crippen molar-refractivity contribution < 1.29 is 14.1 Å². The lowest BCUT2D eigenvalue weighted by Crippen LogP contribution is -2.45. The molecule has 1 aliphatic heterocycles. The van der Waals surface area contributed by atoms with Gasteiger partial charge in [-0.1, -0.05) is 49.3 Å². The monoisotopic (exact) mass is 414 g/mol. The average Bonchev–Trinajstić information content (AvgIpc) is 3.15. The fourth-order valence-electron chi connectivity index (χ4n) is 3.69. The fourth-order valence-corrected chi connectivity index (χ4v) is 3.69. The van der Waals surface area contributed by atoms with Gasteiger partial charge in [-0.15, -0.1) is 0 Å². The summed E-state index contributed by atoms with van der Waals surface area (Å²) in [4.78, 5) is 19.4. The molecule has 0 N–H and O–H groups in total. The van der Waals surface area contributed by atoms with Gasteiger partial charge in [0.15, 0.2) is 0 Å². The lowest BCUT2D eigenvalue weighted by atomic mass is 10.1. The Kier molecular flexibility index (Phi) is 7.87. The third kappa shape index (κ3) is 5.61. The minimum atomic E-state index is 0.131. The van der Waals surface area contributed by atoms with Gasteiger partial charge in [0.2, 0.25) is 11.8 Å². The molecule has 0 saturated carbocycles. The molecule has 1 aromatic carbocycles. The number of amides is 1. The van der Waals surface area contributed by atoms with Gasteiger partial charge in [-0.25, -0.2) is 0 Å². The van der Waals surface area contributed by atoms with Crippen LogP contribution in [0.25, 0.3) is 11.3 Å². The SMILES string of the molecule is COCCN(Cc1c(-c2ccccc2)noc1N1CCN(C)CC1)C(=O)CC(C)C. The van der Waals surface area contributed by atoms with Crippen LogP contribution in [0.3, 0.4) is 0 Å². The molecule has 1 fully saturated rings. The van der Waals surface area contributed by atoms with E-state index in [1.54, 1.807) is 7.11 Å². The number of carbonyl (C=O) groups is 1. The largest absolute Gasteiger partial charge is 0.383 e. The zero-order valence-electron chi connectivity index (χ0n) is 18.6. The summed E-state index contributed by atoms with van der Waals surface area (Å²) in [5.74, 6) is 1.21. The van der Waals surface area contributed by atoms with Crippen LogP contribution in [0.1, 0.15) is 25.8 Å². The van der Waals surface area contributed by atoms with E-state index in [0.29, 0.717) is 32.0 Å². The quantitative estimate of drug-likeness (QED) is 0.628. The fraction of sp³-hybridized carbons (Fsp3) is 0.565. The van der Waals surface area contributed by atoms with Crippen LogP contribution in [0.15, 0.2) is 34.9 Å². The van der Waals surface area contributed by atoms with Crippen LogP contribution in [0.5, 0.6) is 0 Å². The van der Waals surface area contributed by atoms with Crippen molar-refractivity contribution in [2.24, 2.45) is 5.92 Å². The van der Waals surface area contributed by atoms with Crippen LogP contribution in [-0.4, -0.2) is 74.4 Å². The Morgan fingerprint density at radius 1 is 1.20 bits per heavy atom. The molecule has 1 saturated heterocycles. The highest BCUT2D eigenvalue weighted by Crippen LogP contribution is 2.33. The minimum absolute atomic E-state index is 0.131. The molecular weight excluding hydrogens is 380 g/mol. The molecule has 0 bridgehead atoms. The second-order valence-electron chi connectivity index (χ2n) is 8.38. The summed E-state index contributed by atoms with van der Waals surface area (Å²) in [6.07, 6.45) is 0.513. The number of hydrogen-bond donors (Lipinski definition) is 0. The molecule has 0 radical (unpaired) electrons. The van der Waals surface area contributed by atoms with Gasteiger partial charge in [0.05, 0.1) is 18.7 Å². The Hall–Kier alpha value is -2.38. The zero-order valence-corrected chi connectivity index (χ0v) is 18.6. The van der Waals surface area contributed by atoms with E-state index in [-0.39, 0.29) is 5.91 Å². The van der Waals surface area contributed by atoms with E-state index in [0.717, 1.165) is 48.9 Å². The van der Waals surface area contributed by atoms with Gasteiger partial charge in [-0.05, 0) is 13.0 Å². The highest BCUT2D eigenvalue weighted by atomic mass is 16.5. The zero-order chi connectivity index (χ0) is 21.5. The summed E-state index contributed by atoms with van der Waals surface area (Å²) in [6.45, 7) is 9.35. The predicted octanol–water partition coefficient (Wildman–Crippen LogP) is 3.11.